The molecule has 27 heavy (non-hydrogen) atoms. The maximum atomic E-state index is 12.9. The Balaban J connectivity index is 1.42. The highest BCUT2D eigenvalue weighted by atomic mass is 16.2. The average molecular weight is 360 g/mol. The third kappa shape index (κ3) is 2.47. The van der Waals surface area contributed by atoms with Crippen molar-refractivity contribution in [2.45, 2.75) is 18.4 Å². The summed E-state index contributed by atoms with van der Waals surface area (Å²) >= 11 is 0. The van der Waals surface area contributed by atoms with Crippen molar-refractivity contribution in [3.8, 4) is 0 Å². The summed E-state index contributed by atoms with van der Waals surface area (Å²) in [6, 6.07) is 15.1. The second-order valence-electron chi connectivity index (χ2n) is 7.54. The minimum absolute atomic E-state index is 0.0269. The number of rotatable bonds is 2. The van der Waals surface area contributed by atoms with Gasteiger partial charge in [0.25, 0.3) is 11.8 Å². The Kier molecular flexibility index (Phi) is 3.60. The number of carbonyl (C=O) groups excluding carboxylic acids is 2. The molecular weight excluding hydrogens is 340 g/mol. The van der Waals surface area contributed by atoms with E-state index in [1.165, 1.54) is 0 Å². The van der Waals surface area contributed by atoms with Crippen LogP contribution in [0.2, 0.25) is 0 Å². The van der Waals surface area contributed by atoms with Crippen molar-refractivity contribution in [2.24, 2.45) is 16.8 Å². The standard InChI is InChI=1S/C21H20N4O2/c26-19(17-8-4-5-11-22-17)25-12-15-9-10-21(16(15)13-25)20(27)23-18(24-21)14-6-2-1-3-7-14/h1-8,11,15-16H,9-10,12-13H2,(H,23,24,27)/t15-,16+,21-/m0/s1. The van der Waals surface area contributed by atoms with Gasteiger partial charge < -0.3 is 10.2 Å². The molecule has 1 aromatic carbocycles. The quantitative estimate of drug-likeness (QED) is 0.889. The van der Waals surface area contributed by atoms with Crippen LogP contribution < -0.4 is 5.32 Å². The number of aliphatic imine (C=N–C) groups is 1. The largest absolute Gasteiger partial charge is 0.337 e. The van der Waals surface area contributed by atoms with E-state index in [2.05, 4.69) is 10.3 Å². The van der Waals surface area contributed by atoms with Gasteiger partial charge in [-0.1, -0.05) is 36.4 Å². The number of amides is 2. The first kappa shape index (κ1) is 16.2. The monoisotopic (exact) mass is 360 g/mol. The van der Waals surface area contributed by atoms with Crippen LogP contribution in [0.5, 0.6) is 0 Å². The molecule has 2 aliphatic heterocycles. The Labute approximate surface area is 157 Å². The molecule has 6 heteroatoms. The first-order valence-corrected chi connectivity index (χ1v) is 9.34. The lowest BCUT2D eigenvalue weighted by atomic mass is 9.85. The second-order valence-corrected chi connectivity index (χ2v) is 7.54. The number of carbonyl (C=O) groups is 2. The van der Waals surface area contributed by atoms with Crippen LogP contribution >= 0.6 is 0 Å². The molecule has 1 saturated carbocycles. The van der Waals surface area contributed by atoms with Crippen LogP contribution in [-0.4, -0.2) is 46.2 Å². The summed E-state index contributed by atoms with van der Waals surface area (Å²) in [5.41, 5.74) is 0.635. The summed E-state index contributed by atoms with van der Waals surface area (Å²) in [5, 5.41) is 2.99. The fourth-order valence-corrected chi connectivity index (χ4v) is 4.76. The van der Waals surface area contributed by atoms with E-state index in [4.69, 9.17) is 4.99 Å². The van der Waals surface area contributed by atoms with Gasteiger partial charge in [0.05, 0.1) is 0 Å². The summed E-state index contributed by atoms with van der Waals surface area (Å²) < 4.78 is 0. The van der Waals surface area contributed by atoms with Gasteiger partial charge in [0.1, 0.15) is 17.1 Å². The highest BCUT2D eigenvalue weighted by Crippen LogP contribution is 2.49. The summed E-state index contributed by atoms with van der Waals surface area (Å²) in [4.78, 5) is 36.6. The summed E-state index contributed by atoms with van der Waals surface area (Å²) in [5.74, 6) is 0.927. The molecule has 136 valence electrons. The number of hydrogen-bond acceptors (Lipinski definition) is 4. The molecule has 1 aromatic heterocycles. The summed E-state index contributed by atoms with van der Waals surface area (Å²) in [7, 11) is 0. The minimum Gasteiger partial charge on any atom is -0.337 e. The van der Waals surface area contributed by atoms with Crippen molar-refractivity contribution >= 4 is 17.6 Å². The normalized spacial score (nSPS) is 29.0. The van der Waals surface area contributed by atoms with Gasteiger partial charge in [0, 0.05) is 30.8 Å². The van der Waals surface area contributed by atoms with E-state index < -0.39 is 5.54 Å². The van der Waals surface area contributed by atoms with E-state index in [0.717, 1.165) is 18.4 Å². The number of amidine groups is 1. The molecule has 0 unspecified atom stereocenters. The molecule has 1 spiro atoms. The highest BCUT2D eigenvalue weighted by molar-refractivity contribution is 6.15. The number of fused-ring (bicyclic) bond motifs is 2. The highest BCUT2D eigenvalue weighted by Gasteiger charge is 2.59. The van der Waals surface area contributed by atoms with E-state index >= 15 is 0 Å². The van der Waals surface area contributed by atoms with Gasteiger partial charge in [0.15, 0.2) is 0 Å². The average Bonchev–Trinajstić information content (AvgIpc) is 3.38. The number of nitrogens with one attached hydrogen (secondary N) is 1. The number of nitrogens with zero attached hydrogens (tertiary/aromatic N) is 3. The predicted molar refractivity (Wildman–Crippen MR) is 100 cm³/mol. The molecule has 2 fully saturated rings. The molecule has 1 aliphatic carbocycles. The van der Waals surface area contributed by atoms with E-state index in [0.29, 0.717) is 30.5 Å². The first-order chi connectivity index (χ1) is 13.2. The lowest BCUT2D eigenvalue weighted by Crippen LogP contribution is -2.45. The molecule has 3 heterocycles. The van der Waals surface area contributed by atoms with Crippen molar-refractivity contribution in [1.82, 2.24) is 15.2 Å². The molecule has 6 nitrogen and oxygen atoms in total. The van der Waals surface area contributed by atoms with Crippen molar-refractivity contribution in [3.63, 3.8) is 0 Å². The number of aromatic nitrogens is 1. The zero-order chi connectivity index (χ0) is 18.4. The number of benzene rings is 1. The summed E-state index contributed by atoms with van der Waals surface area (Å²) in [6.45, 7) is 1.23. The zero-order valence-electron chi connectivity index (χ0n) is 14.8. The molecule has 1 saturated heterocycles. The van der Waals surface area contributed by atoms with Gasteiger partial charge in [-0.3, -0.25) is 19.6 Å². The fraction of sp³-hybridized carbons (Fsp3) is 0.333. The third-order valence-electron chi connectivity index (χ3n) is 6.11. The molecule has 0 radical (unpaired) electrons. The van der Waals surface area contributed by atoms with Crippen LogP contribution in [0, 0.1) is 11.8 Å². The van der Waals surface area contributed by atoms with Crippen LogP contribution in [0.4, 0.5) is 0 Å². The fourth-order valence-electron chi connectivity index (χ4n) is 4.76. The van der Waals surface area contributed by atoms with Crippen molar-refractivity contribution in [3.05, 3.63) is 66.0 Å². The van der Waals surface area contributed by atoms with Crippen LogP contribution in [-0.2, 0) is 4.79 Å². The Bertz CT molecular complexity index is 928. The Hall–Kier alpha value is -3.02. The molecule has 2 amide bonds. The maximum Gasteiger partial charge on any atom is 0.272 e. The molecule has 5 rings (SSSR count). The van der Waals surface area contributed by atoms with Gasteiger partial charge in [-0.2, -0.15) is 0 Å². The van der Waals surface area contributed by atoms with E-state index in [-0.39, 0.29) is 17.7 Å². The van der Waals surface area contributed by atoms with Crippen LogP contribution in [0.25, 0.3) is 0 Å². The van der Waals surface area contributed by atoms with Crippen LogP contribution in [0.15, 0.2) is 59.7 Å². The number of likely N-dealkylation sites (tertiary alicyclic amines) is 1. The predicted octanol–water partition coefficient (Wildman–Crippen LogP) is 1.88. The first-order valence-electron chi connectivity index (χ1n) is 9.34. The smallest absolute Gasteiger partial charge is 0.272 e. The van der Waals surface area contributed by atoms with Gasteiger partial charge in [0.2, 0.25) is 0 Å². The van der Waals surface area contributed by atoms with Crippen LogP contribution in [0.3, 0.4) is 0 Å². The van der Waals surface area contributed by atoms with Crippen molar-refractivity contribution < 1.29 is 9.59 Å². The van der Waals surface area contributed by atoms with E-state index in [9.17, 15) is 9.59 Å². The SMILES string of the molecule is O=C(c1ccccn1)N1C[C@@H]2CC[C@]3(N=C(c4ccccc4)NC3=O)[C@@H]2C1. The van der Waals surface area contributed by atoms with E-state index in [1.807, 2.05) is 41.3 Å². The van der Waals surface area contributed by atoms with Gasteiger partial charge in [-0.25, -0.2) is 0 Å². The second kappa shape index (κ2) is 6.01. The molecular formula is C21H20N4O2. The van der Waals surface area contributed by atoms with Crippen molar-refractivity contribution in [2.75, 3.05) is 13.1 Å². The third-order valence-corrected chi connectivity index (χ3v) is 6.11. The molecule has 3 aliphatic rings. The minimum atomic E-state index is -0.741. The molecule has 0 bridgehead atoms. The topological polar surface area (TPSA) is 74.7 Å². The summed E-state index contributed by atoms with van der Waals surface area (Å²) in [6.07, 6.45) is 3.29. The maximum absolute atomic E-state index is 12.9. The number of hydrogen-bond donors (Lipinski definition) is 1. The Morgan fingerprint density at radius 3 is 2.70 bits per heavy atom. The lowest BCUT2D eigenvalue weighted by molar-refractivity contribution is -0.124. The van der Waals surface area contributed by atoms with Gasteiger partial charge in [-0.15, -0.1) is 0 Å². The lowest BCUT2D eigenvalue weighted by Gasteiger charge is -2.25. The molecule has 3 atom stereocenters. The van der Waals surface area contributed by atoms with E-state index in [1.54, 1.807) is 18.3 Å². The van der Waals surface area contributed by atoms with Crippen LogP contribution in [0.1, 0.15) is 28.9 Å². The zero-order valence-corrected chi connectivity index (χ0v) is 14.8. The van der Waals surface area contributed by atoms with Gasteiger partial charge in [-0.05, 0) is 30.9 Å². The van der Waals surface area contributed by atoms with Gasteiger partial charge >= 0.3 is 0 Å². The van der Waals surface area contributed by atoms with Crippen molar-refractivity contribution in [1.29, 1.82) is 0 Å². The molecule has 2 aromatic rings. The number of pyridine rings is 1. The Morgan fingerprint density at radius 1 is 1.11 bits per heavy atom. The molecule has 1 N–H and O–H groups in total. The Morgan fingerprint density at radius 2 is 1.93 bits per heavy atom.